The van der Waals surface area contributed by atoms with Crippen molar-refractivity contribution in [3.8, 4) is 5.75 Å². The number of carbonyl (C=O) groups excluding carboxylic acids is 1. The Morgan fingerprint density at radius 2 is 1.86 bits per heavy atom. The lowest BCUT2D eigenvalue weighted by atomic mass is 9.98. The summed E-state index contributed by atoms with van der Waals surface area (Å²) in [6.07, 6.45) is 1.51. The molecule has 0 fully saturated rings. The molecule has 1 amide bonds. The highest BCUT2D eigenvalue weighted by molar-refractivity contribution is 6.68. The van der Waals surface area contributed by atoms with Gasteiger partial charge in [0.25, 0.3) is 5.91 Å². The number of hydrazone groups is 2. The number of aliphatic hydroxyl groups excluding tert-OH is 1. The lowest BCUT2D eigenvalue weighted by molar-refractivity contribution is -0.123. The fourth-order valence-electron chi connectivity index (χ4n) is 3.26. The van der Waals surface area contributed by atoms with E-state index in [0.717, 1.165) is 12.0 Å². The van der Waals surface area contributed by atoms with Crippen LogP contribution >= 0.6 is 0 Å². The van der Waals surface area contributed by atoms with Gasteiger partial charge in [-0.25, -0.2) is 5.01 Å². The lowest BCUT2D eigenvalue weighted by Gasteiger charge is -2.11. The number of aromatic hydroxyl groups is 1. The van der Waals surface area contributed by atoms with Gasteiger partial charge in [-0.2, -0.15) is 10.2 Å². The summed E-state index contributed by atoms with van der Waals surface area (Å²) in [5, 5.41) is 29.0. The van der Waals surface area contributed by atoms with Gasteiger partial charge in [0, 0.05) is 0 Å². The van der Waals surface area contributed by atoms with E-state index < -0.39 is 0 Å². The second kappa shape index (κ2) is 8.87. The molecule has 0 aromatic heterocycles. The van der Waals surface area contributed by atoms with Gasteiger partial charge < -0.3 is 10.2 Å². The average Bonchev–Trinajstić information content (AvgIpc) is 2.96. The van der Waals surface area contributed by atoms with Crippen molar-refractivity contribution in [1.82, 2.24) is 5.01 Å². The van der Waals surface area contributed by atoms with Crippen molar-refractivity contribution in [1.29, 1.82) is 0 Å². The summed E-state index contributed by atoms with van der Waals surface area (Å²) in [7, 11) is 0. The van der Waals surface area contributed by atoms with E-state index in [1.807, 2.05) is 12.1 Å². The zero-order chi connectivity index (χ0) is 21.0. The van der Waals surface area contributed by atoms with Gasteiger partial charge in [-0.1, -0.05) is 35.9 Å². The van der Waals surface area contributed by atoms with Crippen molar-refractivity contribution in [2.24, 2.45) is 10.2 Å². The maximum absolute atomic E-state index is 12.3. The Kier molecular flexibility index (Phi) is 6.29. The minimum Gasteiger partial charge on any atom is -0.505 e. The molecule has 0 spiro atoms. The molecule has 0 unspecified atom stereocenters. The Hall–Kier alpha value is -3.19. The first-order valence-electron chi connectivity index (χ1n) is 9.59. The third kappa shape index (κ3) is 4.63. The predicted octanol–water partition coefficient (Wildman–Crippen LogP) is 2.77. The van der Waals surface area contributed by atoms with Crippen LogP contribution in [-0.2, 0) is 17.6 Å². The second-order valence-electron chi connectivity index (χ2n) is 7.15. The molecule has 2 aromatic rings. The molecular formula is C22H26N4O3. The van der Waals surface area contributed by atoms with Crippen LogP contribution in [0.5, 0.6) is 5.75 Å². The highest BCUT2D eigenvalue weighted by Crippen LogP contribution is 2.29. The number of phenolic OH excluding ortho intramolecular Hbond substituents is 1. The van der Waals surface area contributed by atoms with Gasteiger partial charge in [0.2, 0.25) is 0 Å². The first-order valence-corrected chi connectivity index (χ1v) is 9.59. The normalized spacial score (nSPS) is 15.2. The SMILES string of the molecule is CC1=NN(CCO)C(=O)C1=NNc1cccc(CCc2cc(C)ccc2C)c1O. The van der Waals surface area contributed by atoms with E-state index >= 15 is 0 Å². The quantitative estimate of drug-likeness (QED) is 0.497. The van der Waals surface area contributed by atoms with Crippen LogP contribution < -0.4 is 5.43 Å². The van der Waals surface area contributed by atoms with Crippen LogP contribution in [0.3, 0.4) is 0 Å². The molecule has 0 aliphatic carbocycles. The van der Waals surface area contributed by atoms with Crippen molar-refractivity contribution in [2.75, 3.05) is 18.6 Å². The molecule has 0 saturated heterocycles. The van der Waals surface area contributed by atoms with E-state index in [4.69, 9.17) is 5.11 Å². The highest BCUT2D eigenvalue weighted by atomic mass is 16.3. The first-order chi connectivity index (χ1) is 13.9. The molecule has 1 aliphatic heterocycles. The number of amides is 1. The van der Waals surface area contributed by atoms with Crippen LogP contribution in [0.15, 0.2) is 46.6 Å². The number of rotatable bonds is 7. The van der Waals surface area contributed by atoms with Gasteiger partial charge in [0.05, 0.1) is 24.6 Å². The van der Waals surface area contributed by atoms with Crippen LogP contribution in [0.2, 0.25) is 0 Å². The number of carbonyl (C=O) groups is 1. The largest absolute Gasteiger partial charge is 0.505 e. The number of anilines is 1. The fraction of sp³-hybridized carbons (Fsp3) is 0.318. The molecule has 2 aromatic carbocycles. The van der Waals surface area contributed by atoms with Gasteiger partial charge in [0.1, 0.15) is 5.75 Å². The Labute approximate surface area is 170 Å². The number of phenols is 1. The zero-order valence-corrected chi connectivity index (χ0v) is 16.9. The van der Waals surface area contributed by atoms with Crippen LogP contribution in [-0.4, -0.2) is 45.7 Å². The summed E-state index contributed by atoms with van der Waals surface area (Å²) >= 11 is 0. The highest BCUT2D eigenvalue weighted by Gasteiger charge is 2.29. The van der Waals surface area contributed by atoms with Gasteiger partial charge in [0.15, 0.2) is 5.71 Å². The molecular weight excluding hydrogens is 368 g/mol. The monoisotopic (exact) mass is 394 g/mol. The number of aliphatic hydroxyl groups is 1. The summed E-state index contributed by atoms with van der Waals surface area (Å²) in [6.45, 7) is 5.78. The van der Waals surface area contributed by atoms with Crippen molar-refractivity contribution in [3.05, 3.63) is 58.7 Å². The molecule has 29 heavy (non-hydrogen) atoms. The Morgan fingerprint density at radius 1 is 1.10 bits per heavy atom. The smallest absolute Gasteiger partial charge is 0.296 e. The third-order valence-electron chi connectivity index (χ3n) is 4.94. The van der Waals surface area contributed by atoms with Crippen LogP contribution in [0.4, 0.5) is 5.69 Å². The predicted molar refractivity (Wildman–Crippen MR) is 114 cm³/mol. The summed E-state index contributed by atoms with van der Waals surface area (Å²) in [4.78, 5) is 12.3. The van der Waals surface area contributed by atoms with Crippen molar-refractivity contribution < 1.29 is 15.0 Å². The second-order valence-corrected chi connectivity index (χ2v) is 7.15. The maximum atomic E-state index is 12.3. The molecule has 3 N–H and O–H groups in total. The molecule has 1 heterocycles. The summed E-state index contributed by atoms with van der Waals surface area (Å²) < 4.78 is 0. The Morgan fingerprint density at radius 3 is 2.62 bits per heavy atom. The molecule has 0 bridgehead atoms. The number of hydrogen-bond donors (Lipinski definition) is 3. The van der Waals surface area contributed by atoms with E-state index in [0.29, 0.717) is 17.8 Å². The van der Waals surface area contributed by atoms with Crippen molar-refractivity contribution >= 4 is 23.0 Å². The summed E-state index contributed by atoms with van der Waals surface area (Å²) in [6, 6.07) is 11.8. The minimum absolute atomic E-state index is 0.119. The number of aryl methyl sites for hydroxylation is 4. The fourth-order valence-corrected chi connectivity index (χ4v) is 3.26. The number of nitrogens with zero attached hydrogens (tertiary/aromatic N) is 3. The van der Waals surface area contributed by atoms with E-state index in [1.165, 1.54) is 21.7 Å². The number of hydrogen-bond acceptors (Lipinski definition) is 6. The summed E-state index contributed by atoms with van der Waals surface area (Å²) in [5.41, 5.74) is 8.36. The molecule has 0 saturated carbocycles. The van der Waals surface area contributed by atoms with Crippen LogP contribution in [0.25, 0.3) is 0 Å². The Balaban J connectivity index is 1.73. The zero-order valence-electron chi connectivity index (χ0n) is 16.9. The number of benzene rings is 2. The minimum atomic E-state index is -0.380. The Bertz CT molecular complexity index is 982. The van der Waals surface area contributed by atoms with Gasteiger partial charge in [-0.15, -0.1) is 0 Å². The van der Waals surface area contributed by atoms with Gasteiger partial charge >= 0.3 is 0 Å². The van der Waals surface area contributed by atoms with Gasteiger partial charge in [-0.05, 0) is 56.4 Å². The number of para-hydroxylation sites is 1. The van der Waals surface area contributed by atoms with Crippen LogP contribution in [0.1, 0.15) is 29.2 Å². The third-order valence-corrected chi connectivity index (χ3v) is 4.94. The molecule has 152 valence electrons. The maximum Gasteiger partial charge on any atom is 0.296 e. The molecule has 7 nitrogen and oxygen atoms in total. The molecule has 0 atom stereocenters. The van der Waals surface area contributed by atoms with Gasteiger partial charge in [-0.3, -0.25) is 10.2 Å². The number of nitrogens with one attached hydrogen (secondary N) is 1. The lowest BCUT2D eigenvalue weighted by Crippen LogP contribution is -2.30. The van der Waals surface area contributed by atoms with Crippen LogP contribution in [0, 0.1) is 13.8 Å². The van der Waals surface area contributed by atoms with Crippen molar-refractivity contribution in [3.63, 3.8) is 0 Å². The molecule has 1 aliphatic rings. The molecule has 0 radical (unpaired) electrons. The number of β-amino-alcohol motifs (C(OH)–C–C–N with tert-alkyl or cyclic N) is 1. The first kappa shape index (κ1) is 20.5. The average molecular weight is 394 g/mol. The standard InChI is InChI=1S/C22H26N4O3/c1-14-7-8-15(2)18(13-14)10-9-17-5-4-6-19(21(17)28)23-24-20-16(3)25-26(11-12-27)22(20)29/h4-8,13,23,27-28H,9-12H2,1-3H3. The topological polar surface area (TPSA) is 97.5 Å². The molecule has 3 rings (SSSR count). The molecule has 7 heteroatoms. The summed E-state index contributed by atoms with van der Waals surface area (Å²) in [5.74, 6) is -0.260. The van der Waals surface area contributed by atoms with Crippen molar-refractivity contribution in [2.45, 2.75) is 33.6 Å². The van der Waals surface area contributed by atoms with E-state index in [1.54, 1.807) is 13.0 Å². The van der Waals surface area contributed by atoms with E-state index in [2.05, 4.69) is 47.7 Å². The van der Waals surface area contributed by atoms with E-state index in [-0.39, 0.29) is 30.5 Å². The van der Waals surface area contributed by atoms with E-state index in [9.17, 15) is 9.90 Å².